The molecule has 0 unspecified atom stereocenters. The second-order valence-corrected chi connectivity index (χ2v) is 6.75. The van der Waals surface area contributed by atoms with Crippen molar-refractivity contribution >= 4 is 17.5 Å². The van der Waals surface area contributed by atoms with E-state index in [1.165, 1.54) is 4.90 Å². The summed E-state index contributed by atoms with van der Waals surface area (Å²) in [6, 6.07) is 11.3. The number of carbonyl (C=O) groups is 2. The van der Waals surface area contributed by atoms with Gasteiger partial charge >= 0.3 is 0 Å². The fourth-order valence-electron chi connectivity index (χ4n) is 2.86. The highest BCUT2D eigenvalue weighted by atomic mass is 16.5. The van der Waals surface area contributed by atoms with E-state index in [4.69, 9.17) is 9.15 Å². The van der Waals surface area contributed by atoms with Crippen LogP contribution in [0.5, 0.6) is 5.75 Å². The van der Waals surface area contributed by atoms with E-state index in [0.717, 1.165) is 18.6 Å². The van der Waals surface area contributed by atoms with Gasteiger partial charge in [-0.25, -0.2) is 0 Å². The highest BCUT2D eigenvalue weighted by Crippen LogP contribution is 2.28. The van der Waals surface area contributed by atoms with Crippen LogP contribution < -0.4 is 10.1 Å². The number of likely N-dealkylation sites (N-methyl/N-ethyl adjacent to an activating group) is 1. The van der Waals surface area contributed by atoms with Gasteiger partial charge in [-0.1, -0.05) is 6.07 Å². The molecule has 1 aliphatic rings. The second-order valence-electron chi connectivity index (χ2n) is 6.75. The lowest BCUT2D eigenvalue weighted by Crippen LogP contribution is -2.42. The average Bonchev–Trinajstić information content (AvgIpc) is 3.38. The van der Waals surface area contributed by atoms with Crippen molar-refractivity contribution in [2.24, 2.45) is 0 Å². The van der Waals surface area contributed by atoms with Gasteiger partial charge < -0.3 is 19.4 Å². The lowest BCUT2D eigenvalue weighted by atomic mass is 10.3. The van der Waals surface area contributed by atoms with Crippen LogP contribution in [0, 0.1) is 0 Å². The molecule has 144 valence electrons. The Morgan fingerprint density at radius 2 is 2.04 bits per heavy atom. The highest BCUT2D eigenvalue weighted by molar-refractivity contribution is 5.94. The number of amides is 2. The Morgan fingerprint density at radius 3 is 2.70 bits per heavy atom. The third-order valence-corrected chi connectivity index (χ3v) is 4.50. The first-order valence-electron chi connectivity index (χ1n) is 8.99. The van der Waals surface area contributed by atoms with E-state index in [0.29, 0.717) is 24.0 Å². The summed E-state index contributed by atoms with van der Waals surface area (Å²) < 4.78 is 10.5. The Bertz CT molecular complexity index is 771. The van der Waals surface area contributed by atoms with E-state index in [2.05, 4.69) is 10.2 Å². The van der Waals surface area contributed by atoms with Gasteiger partial charge in [0.25, 0.3) is 0 Å². The van der Waals surface area contributed by atoms with Crippen LogP contribution in [0.3, 0.4) is 0 Å². The number of hydrogen-bond acceptors (Lipinski definition) is 5. The Hall–Kier alpha value is -2.80. The molecule has 0 radical (unpaired) electrons. The quantitative estimate of drug-likeness (QED) is 0.732. The molecular formula is C20H25N3O4. The van der Waals surface area contributed by atoms with Gasteiger partial charge in [0, 0.05) is 24.8 Å². The van der Waals surface area contributed by atoms with Crippen LogP contribution in [0.2, 0.25) is 0 Å². The van der Waals surface area contributed by atoms with E-state index in [-0.39, 0.29) is 24.9 Å². The number of ether oxygens (including phenoxy) is 1. The molecule has 1 fully saturated rings. The molecule has 0 spiro atoms. The third-order valence-electron chi connectivity index (χ3n) is 4.50. The minimum Gasteiger partial charge on any atom is -0.497 e. The minimum absolute atomic E-state index is 0.00466. The number of methoxy groups -OCH3 is 1. The third kappa shape index (κ3) is 5.59. The predicted octanol–water partition coefficient (Wildman–Crippen LogP) is 2.35. The lowest BCUT2D eigenvalue weighted by Gasteiger charge is -2.24. The molecule has 1 aliphatic carbocycles. The van der Waals surface area contributed by atoms with Crippen molar-refractivity contribution in [2.45, 2.75) is 25.4 Å². The molecule has 2 aromatic rings. The Kier molecular flexibility index (Phi) is 6.13. The fourth-order valence-corrected chi connectivity index (χ4v) is 2.86. The molecule has 0 aliphatic heterocycles. The zero-order valence-corrected chi connectivity index (χ0v) is 15.7. The highest BCUT2D eigenvalue weighted by Gasteiger charge is 2.31. The van der Waals surface area contributed by atoms with Gasteiger partial charge in [-0.3, -0.25) is 14.5 Å². The number of hydrogen-bond donors (Lipinski definition) is 1. The normalized spacial score (nSPS) is 13.4. The number of carbonyl (C=O) groups excluding carboxylic acids is 2. The smallest absolute Gasteiger partial charge is 0.243 e. The summed E-state index contributed by atoms with van der Waals surface area (Å²) in [6.45, 7) is 0.872. The molecule has 7 nitrogen and oxygen atoms in total. The number of furan rings is 1. The molecule has 1 aromatic heterocycles. The first-order valence-corrected chi connectivity index (χ1v) is 8.99. The van der Waals surface area contributed by atoms with Crippen molar-refractivity contribution in [1.82, 2.24) is 9.80 Å². The summed E-state index contributed by atoms with van der Waals surface area (Å²) in [4.78, 5) is 28.4. The molecule has 1 saturated carbocycles. The van der Waals surface area contributed by atoms with Gasteiger partial charge in [0.2, 0.25) is 11.8 Å². The maximum atomic E-state index is 12.6. The standard InChI is InChI=1S/C20H25N3O4/c1-22(13-19(24)21-15-5-3-6-17(11-15)26-2)20(25)14-23(16-8-9-16)12-18-7-4-10-27-18/h3-7,10-11,16H,8-9,12-14H2,1-2H3,(H,21,24). The fraction of sp³-hybridized carbons (Fsp3) is 0.400. The van der Waals surface area contributed by atoms with Crippen molar-refractivity contribution < 1.29 is 18.7 Å². The van der Waals surface area contributed by atoms with E-state index in [1.54, 1.807) is 44.7 Å². The first kappa shape index (κ1) is 19.0. The van der Waals surface area contributed by atoms with E-state index in [9.17, 15) is 9.59 Å². The number of nitrogens with zero attached hydrogens (tertiary/aromatic N) is 2. The van der Waals surface area contributed by atoms with Gasteiger partial charge in [0.1, 0.15) is 11.5 Å². The summed E-state index contributed by atoms with van der Waals surface area (Å²) in [7, 11) is 3.22. The molecule has 3 rings (SSSR count). The summed E-state index contributed by atoms with van der Waals surface area (Å²) in [5.74, 6) is 1.17. The van der Waals surface area contributed by atoms with Crippen LogP contribution >= 0.6 is 0 Å². The maximum Gasteiger partial charge on any atom is 0.243 e. The summed E-state index contributed by atoms with van der Waals surface area (Å²) in [6.07, 6.45) is 3.82. The van der Waals surface area contributed by atoms with Crippen molar-refractivity contribution in [3.63, 3.8) is 0 Å². The van der Waals surface area contributed by atoms with Crippen LogP contribution in [-0.4, -0.2) is 54.9 Å². The van der Waals surface area contributed by atoms with Crippen LogP contribution in [0.1, 0.15) is 18.6 Å². The molecule has 0 saturated heterocycles. The Morgan fingerprint density at radius 1 is 1.22 bits per heavy atom. The van der Waals surface area contributed by atoms with Crippen LogP contribution in [0.25, 0.3) is 0 Å². The average molecular weight is 371 g/mol. The number of anilines is 1. The monoisotopic (exact) mass is 371 g/mol. The van der Waals surface area contributed by atoms with E-state index >= 15 is 0 Å². The van der Waals surface area contributed by atoms with Crippen molar-refractivity contribution in [1.29, 1.82) is 0 Å². The van der Waals surface area contributed by atoms with Gasteiger partial charge in [-0.05, 0) is 37.1 Å². The summed E-state index contributed by atoms with van der Waals surface area (Å²) in [5, 5.41) is 2.79. The second kappa shape index (κ2) is 8.73. The van der Waals surface area contributed by atoms with Crippen LogP contribution in [0.4, 0.5) is 5.69 Å². The molecule has 1 aromatic carbocycles. The molecule has 0 atom stereocenters. The number of nitrogens with one attached hydrogen (secondary N) is 1. The number of rotatable bonds is 9. The predicted molar refractivity (Wildman–Crippen MR) is 101 cm³/mol. The first-order chi connectivity index (χ1) is 13.0. The SMILES string of the molecule is COc1cccc(NC(=O)CN(C)C(=O)CN(Cc2ccco2)C2CC2)c1. The molecule has 7 heteroatoms. The topological polar surface area (TPSA) is 75.0 Å². The van der Waals surface area contributed by atoms with Crippen molar-refractivity contribution in [2.75, 3.05) is 32.6 Å². The zero-order chi connectivity index (χ0) is 19.2. The largest absolute Gasteiger partial charge is 0.497 e. The zero-order valence-electron chi connectivity index (χ0n) is 15.7. The molecular weight excluding hydrogens is 346 g/mol. The van der Waals surface area contributed by atoms with Crippen LogP contribution in [-0.2, 0) is 16.1 Å². The van der Waals surface area contributed by atoms with Gasteiger partial charge in [-0.15, -0.1) is 0 Å². The minimum atomic E-state index is -0.247. The Labute approximate surface area is 158 Å². The van der Waals surface area contributed by atoms with Gasteiger partial charge in [0.15, 0.2) is 0 Å². The van der Waals surface area contributed by atoms with Gasteiger partial charge in [0.05, 0.1) is 33.0 Å². The molecule has 1 N–H and O–H groups in total. The molecule has 0 bridgehead atoms. The van der Waals surface area contributed by atoms with Crippen molar-refractivity contribution in [3.05, 3.63) is 48.4 Å². The van der Waals surface area contributed by atoms with Crippen molar-refractivity contribution in [3.8, 4) is 5.75 Å². The van der Waals surface area contributed by atoms with Gasteiger partial charge in [-0.2, -0.15) is 0 Å². The molecule has 1 heterocycles. The molecule has 2 amide bonds. The molecule has 27 heavy (non-hydrogen) atoms. The van der Waals surface area contributed by atoms with E-state index in [1.807, 2.05) is 12.1 Å². The number of benzene rings is 1. The maximum absolute atomic E-state index is 12.6. The van der Waals surface area contributed by atoms with Crippen LogP contribution in [0.15, 0.2) is 47.1 Å². The summed E-state index contributed by atoms with van der Waals surface area (Å²) in [5.41, 5.74) is 0.637. The summed E-state index contributed by atoms with van der Waals surface area (Å²) >= 11 is 0. The lowest BCUT2D eigenvalue weighted by molar-refractivity contribution is -0.134. The van der Waals surface area contributed by atoms with E-state index < -0.39 is 0 Å². The Balaban J connectivity index is 1.50.